The third kappa shape index (κ3) is 3.06. The Kier molecular flexibility index (Phi) is 3.92. The molecule has 0 unspecified atom stereocenters. The molecule has 0 aliphatic carbocycles. The second-order valence-electron chi connectivity index (χ2n) is 4.60. The summed E-state index contributed by atoms with van der Waals surface area (Å²) in [5, 5.41) is 0. The molecule has 0 saturated carbocycles. The molecule has 18 heavy (non-hydrogen) atoms. The highest BCUT2D eigenvalue weighted by Crippen LogP contribution is 2.09. The average Bonchev–Trinajstić information content (AvgIpc) is 2.68. The zero-order valence-electron chi connectivity index (χ0n) is 10.6. The molecule has 3 heteroatoms. The minimum Gasteiger partial charge on any atom is -0.275 e. The van der Waals surface area contributed by atoms with Gasteiger partial charge in [-0.15, -0.1) is 0 Å². The van der Waals surface area contributed by atoms with Gasteiger partial charge in [0, 0.05) is 18.7 Å². The van der Waals surface area contributed by atoms with Crippen molar-refractivity contribution in [1.29, 1.82) is 0 Å². The Bertz CT molecular complexity index is 456. The molecule has 0 fully saturated rings. The van der Waals surface area contributed by atoms with Crippen LogP contribution in [0, 0.1) is 6.92 Å². The molecule has 1 heterocycles. The van der Waals surface area contributed by atoms with Crippen LogP contribution >= 0.6 is 0 Å². The highest BCUT2D eigenvalue weighted by molar-refractivity contribution is 6.12. The number of carbonyl (C=O) groups is 2. The normalized spacial score (nSPS) is 14.6. The molecule has 94 valence electrons. The Labute approximate surface area is 107 Å². The van der Waals surface area contributed by atoms with E-state index in [1.807, 2.05) is 0 Å². The quantitative estimate of drug-likeness (QED) is 0.587. The fraction of sp³-hybridized carbons (Fsp3) is 0.333. The molecule has 0 aromatic heterocycles. The Morgan fingerprint density at radius 2 is 1.56 bits per heavy atom. The minimum atomic E-state index is -0.185. The van der Waals surface area contributed by atoms with E-state index in [9.17, 15) is 9.59 Å². The summed E-state index contributed by atoms with van der Waals surface area (Å²) in [6.07, 6.45) is 5.50. The van der Waals surface area contributed by atoms with Gasteiger partial charge in [-0.2, -0.15) is 0 Å². The minimum absolute atomic E-state index is 0.185. The predicted octanol–water partition coefficient (Wildman–Crippen LogP) is 2.24. The Morgan fingerprint density at radius 1 is 0.944 bits per heavy atom. The molecule has 0 bridgehead atoms. The summed E-state index contributed by atoms with van der Waals surface area (Å²) < 4.78 is 0. The Hall–Kier alpha value is -1.90. The predicted molar refractivity (Wildman–Crippen MR) is 70.0 cm³/mol. The molecule has 0 radical (unpaired) electrons. The van der Waals surface area contributed by atoms with E-state index in [0.717, 1.165) is 19.3 Å². The van der Waals surface area contributed by atoms with Gasteiger partial charge < -0.3 is 0 Å². The molecular formula is C15H17NO2. The molecule has 3 nitrogen and oxygen atoms in total. The summed E-state index contributed by atoms with van der Waals surface area (Å²) in [4.78, 5) is 23.9. The van der Waals surface area contributed by atoms with Gasteiger partial charge in [0.15, 0.2) is 0 Å². The molecule has 0 spiro atoms. The van der Waals surface area contributed by atoms with Crippen LogP contribution in [0.3, 0.4) is 0 Å². The maximum Gasteiger partial charge on any atom is 0.253 e. The van der Waals surface area contributed by atoms with E-state index in [4.69, 9.17) is 0 Å². The second-order valence-corrected chi connectivity index (χ2v) is 4.60. The monoisotopic (exact) mass is 243 g/mol. The lowest BCUT2D eigenvalue weighted by atomic mass is 10.1. The standard InChI is InChI=1S/C15H17NO2/c1-12-5-7-13(8-6-12)4-2-3-11-16-14(17)9-10-15(16)18/h5-10H,2-4,11H2,1H3. The Morgan fingerprint density at radius 3 is 2.17 bits per heavy atom. The van der Waals surface area contributed by atoms with E-state index in [-0.39, 0.29) is 11.8 Å². The molecular weight excluding hydrogens is 226 g/mol. The second kappa shape index (κ2) is 5.63. The fourth-order valence-electron chi connectivity index (χ4n) is 2.01. The topological polar surface area (TPSA) is 37.4 Å². The van der Waals surface area contributed by atoms with Crippen LogP contribution in [-0.4, -0.2) is 23.3 Å². The van der Waals surface area contributed by atoms with Crippen LogP contribution < -0.4 is 0 Å². The first-order valence-electron chi connectivity index (χ1n) is 6.26. The van der Waals surface area contributed by atoms with Gasteiger partial charge >= 0.3 is 0 Å². The van der Waals surface area contributed by atoms with Crippen molar-refractivity contribution in [1.82, 2.24) is 4.90 Å². The molecule has 1 aromatic rings. The number of carbonyl (C=O) groups excluding carboxylic acids is 2. The van der Waals surface area contributed by atoms with Gasteiger partial charge in [-0.1, -0.05) is 29.8 Å². The summed E-state index contributed by atoms with van der Waals surface area (Å²) in [5.74, 6) is -0.370. The number of hydrogen-bond acceptors (Lipinski definition) is 2. The highest BCUT2D eigenvalue weighted by Gasteiger charge is 2.21. The first-order valence-corrected chi connectivity index (χ1v) is 6.26. The SMILES string of the molecule is Cc1ccc(CCCCN2C(=O)C=CC2=O)cc1. The summed E-state index contributed by atoms with van der Waals surface area (Å²) >= 11 is 0. The van der Waals surface area contributed by atoms with E-state index in [1.165, 1.54) is 28.2 Å². The first kappa shape index (κ1) is 12.6. The lowest BCUT2D eigenvalue weighted by molar-refractivity contribution is -0.136. The number of aryl methyl sites for hydroxylation is 2. The van der Waals surface area contributed by atoms with Crippen molar-refractivity contribution >= 4 is 11.8 Å². The van der Waals surface area contributed by atoms with Gasteiger partial charge in [0.05, 0.1) is 0 Å². The van der Waals surface area contributed by atoms with Gasteiger partial charge in [0.25, 0.3) is 11.8 Å². The van der Waals surface area contributed by atoms with Gasteiger partial charge in [0.2, 0.25) is 0 Å². The van der Waals surface area contributed by atoms with Crippen LogP contribution in [0.4, 0.5) is 0 Å². The average molecular weight is 243 g/mol. The molecule has 1 aliphatic heterocycles. The van der Waals surface area contributed by atoms with Gasteiger partial charge in [0.1, 0.15) is 0 Å². The number of rotatable bonds is 5. The van der Waals surface area contributed by atoms with Crippen LogP contribution in [0.25, 0.3) is 0 Å². The number of amides is 2. The lowest BCUT2D eigenvalue weighted by Gasteiger charge is -2.13. The van der Waals surface area contributed by atoms with Crippen molar-refractivity contribution in [3.8, 4) is 0 Å². The molecule has 0 saturated heterocycles. The van der Waals surface area contributed by atoms with Crippen LogP contribution in [-0.2, 0) is 16.0 Å². The van der Waals surface area contributed by atoms with Crippen LogP contribution in [0.5, 0.6) is 0 Å². The first-order chi connectivity index (χ1) is 8.66. The van der Waals surface area contributed by atoms with Crippen molar-refractivity contribution in [2.45, 2.75) is 26.2 Å². The lowest BCUT2D eigenvalue weighted by Crippen LogP contribution is -2.30. The third-order valence-electron chi connectivity index (χ3n) is 3.12. The zero-order valence-corrected chi connectivity index (χ0v) is 10.6. The van der Waals surface area contributed by atoms with Gasteiger partial charge in [-0.05, 0) is 31.7 Å². The smallest absolute Gasteiger partial charge is 0.253 e. The van der Waals surface area contributed by atoms with E-state index in [2.05, 4.69) is 31.2 Å². The maximum atomic E-state index is 11.3. The van der Waals surface area contributed by atoms with Crippen molar-refractivity contribution in [2.75, 3.05) is 6.54 Å². The van der Waals surface area contributed by atoms with E-state index in [1.54, 1.807) is 0 Å². The molecule has 2 amide bonds. The molecule has 1 aliphatic rings. The van der Waals surface area contributed by atoms with Gasteiger partial charge in [-0.25, -0.2) is 0 Å². The molecule has 0 N–H and O–H groups in total. The van der Waals surface area contributed by atoms with Crippen molar-refractivity contribution in [3.63, 3.8) is 0 Å². The fourth-order valence-corrected chi connectivity index (χ4v) is 2.01. The van der Waals surface area contributed by atoms with Crippen molar-refractivity contribution in [2.24, 2.45) is 0 Å². The summed E-state index contributed by atoms with van der Waals surface area (Å²) in [6.45, 7) is 2.60. The van der Waals surface area contributed by atoms with Crippen molar-refractivity contribution in [3.05, 3.63) is 47.5 Å². The molecule has 1 aromatic carbocycles. The number of unbranched alkanes of at least 4 members (excludes halogenated alkanes) is 1. The highest BCUT2D eigenvalue weighted by atomic mass is 16.2. The zero-order chi connectivity index (χ0) is 13.0. The van der Waals surface area contributed by atoms with Crippen molar-refractivity contribution < 1.29 is 9.59 Å². The molecule has 0 atom stereocenters. The largest absolute Gasteiger partial charge is 0.275 e. The summed E-state index contributed by atoms with van der Waals surface area (Å²) in [5.41, 5.74) is 2.57. The number of hydrogen-bond donors (Lipinski definition) is 0. The van der Waals surface area contributed by atoms with Crippen LogP contribution in [0.2, 0.25) is 0 Å². The molecule has 2 rings (SSSR count). The number of benzene rings is 1. The van der Waals surface area contributed by atoms with E-state index >= 15 is 0 Å². The Balaban J connectivity index is 1.72. The maximum absolute atomic E-state index is 11.3. The van der Waals surface area contributed by atoms with E-state index < -0.39 is 0 Å². The summed E-state index contributed by atoms with van der Waals surface area (Å²) in [7, 11) is 0. The number of nitrogens with zero attached hydrogens (tertiary/aromatic N) is 1. The third-order valence-corrected chi connectivity index (χ3v) is 3.12. The summed E-state index contributed by atoms with van der Waals surface area (Å²) in [6, 6.07) is 8.46. The van der Waals surface area contributed by atoms with Crippen LogP contribution in [0.15, 0.2) is 36.4 Å². The van der Waals surface area contributed by atoms with Gasteiger partial charge in [-0.3, -0.25) is 14.5 Å². The van der Waals surface area contributed by atoms with Crippen LogP contribution in [0.1, 0.15) is 24.0 Å². The van der Waals surface area contributed by atoms with E-state index in [0.29, 0.717) is 6.54 Å². The number of imide groups is 1.